The van der Waals surface area contributed by atoms with E-state index in [1.54, 1.807) is 54.2 Å². The van der Waals surface area contributed by atoms with E-state index in [1.165, 1.54) is 9.20 Å². The maximum Gasteiger partial charge on any atom is 0.264 e. The maximum absolute atomic E-state index is 13.4. The van der Waals surface area contributed by atoms with Gasteiger partial charge in [-0.05, 0) is 73.5 Å². The van der Waals surface area contributed by atoms with Crippen LogP contribution in [-0.4, -0.2) is 33.2 Å². The molecule has 3 aromatic rings. The highest BCUT2D eigenvalue weighted by Gasteiger charge is 2.27. The number of carbonyl (C=O) groups is 1. The number of sulfonamides is 1. The average molecular weight is 469 g/mol. The average Bonchev–Trinajstić information content (AvgIpc) is 2.78. The molecule has 0 unspecified atom stereocenters. The predicted molar refractivity (Wildman–Crippen MR) is 132 cm³/mol. The van der Waals surface area contributed by atoms with Gasteiger partial charge in [-0.1, -0.05) is 42.5 Å². The fraction of sp³-hybridized carbons (Fsp3) is 0.240. The minimum Gasteiger partial charge on any atom is -0.354 e. The van der Waals surface area contributed by atoms with Crippen LogP contribution in [0.2, 0.25) is 0 Å². The third-order valence-corrected chi connectivity index (χ3v) is 7.65. The summed E-state index contributed by atoms with van der Waals surface area (Å²) in [7, 11) is -3.89. The maximum atomic E-state index is 13.4. The molecule has 0 atom stereocenters. The van der Waals surface area contributed by atoms with Gasteiger partial charge in [-0.2, -0.15) is 0 Å². The number of hydrogen-bond donors (Lipinski definition) is 1. The van der Waals surface area contributed by atoms with Crippen molar-refractivity contribution in [2.75, 3.05) is 23.1 Å². The summed E-state index contributed by atoms with van der Waals surface area (Å²) in [5.41, 5.74) is 2.36. The van der Waals surface area contributed by atoms with E-state index in [-0.39, 0.29) is 17.3 Å². The highest BCUT2D eigenvalue weighted by atomic mass is 32.2. The molecule has 3 aromatic carbocycles. The highest BCUT2D eigenvalue weighted by Crippen LogP contribution is 2.25. The molecule has 0 aliphatic carbocycles. The number of nitrogens with zero attached hydrogens (tertiary/aromatic N) is 1. The van der Waals surface area contributed by atoms with E-state index in [4.69, 9.17) is 0 Å². The summed E-state index contributed by atoms with van der Waals surface area (Å²) < 4.78 is 27.9. The fourth-order valence-corrected chi connectivity index (χ4v) is 5.62. The number of amides is 1. The van der Waals surface area contributed by atoms with Crippen molar-refractivity contribution in [3.8, 4) is 0 Å². The SMILES string of the molecule is Cc1cc(C)cc(N(CC(=O)NCCCSc2ccccc2)S(=O)(=O)c2ccccc2)c1. The predicted octanol–water partition coefficient (Wildman–Crippen LogP) is 4.80. The first-order chi connectivity index (χ1) is 15.4. The van der Waals surface area contributed by atoms with Gasteiger partial charge in [-0.3, -0.25) is 9.10 Å². The summed E-state index contributed by atoms with van der Waals surface area (Å²) in [6.07, 6.45) is 0.792. The van der Waals surface area contributed by atoms with Gasteiger partial charge in [-0.15, -0.1) is 11.8 Å². The van der Waals surface area contributed by atoms with E-state index in [9.17, 15) is 13.2 Å². The molecule has 0 radical (unpaired) electrons. The number of thioether (sulfide) groups is 1. The van der Waals surface area contributed by atoms with E-state index in [0.717, 1.165) is 23.3 Å². The van der Waals surface area contributed by atoms with Crippen LogP contribution in [0.5, 0.6) is 0 Å². The molecule has 0 saturated carbocycles. The second-order valence-corrected chi connectivity index (χ2v) is 10.6. The number of rotatable bonds is 10. The largest absolute Gasteiger partial charge is 0.354 e. The van der Waals surface area contributed by atoms with Crippen molar-refractivity contribution in [2.24, 2.45) is 0 Å². The van der Waals surface area contributed by atoms with Gasteiger partial charge < -0.3 is 5.32 Å². The smallest absolute Gasteiger partial charge is 0.264 e. The molecule has 3 rings (SSSR count). The molecular weight excluding hydrogens is 440 g/mol. The van der Waals surface area contributed by atoms with Crippen LogP contribution in [0, 0.1) is 13.8 Å². The molecule has 168 valence electrons. The van der Waals surface area contributed by atoms with Crippen LogP contribution in [0.1, 0.15) is 17.5 Å². The van der Waals surface area contributed by atoms with E-state index in [0.29, 0.717) is 12.2 Å². The molecule has 0 bridgehead atoms. The zero-order chi connectivity index (χ0) is 23.0. The normalized spacial score (nSPS) is 11.2. The van der Waals surface area contributed by atoms with Crippen molar-refractivity contribution in [3.63, 3.8) is 0 Å². The Bertz CT molecular complexity index is 1110. The zero-order valence-corrected chi connectivity index (χ0v) is 20.0. The number of aryl methyl sites for hydroxylation is 2. The second-order valence-electron chi connectivity index (χ2n) is 7.54. The van der Waals surface area contributed by atoms with Gasteiger partial charge in [0.05, 0.1) is 10.6 Å². The van der Waals surface area contributed by atoms with Gasteiger partial charge in [0.2, 0.25) is 5.91 Å². The monoisotopic (exact) mass is 468 g/mol. The summed E-state index contributed by atoms with van der Waals surface area (Å²) >= 11 is 1.73. The van der Waals surface area contributed by atoms with E-state index >= 15 is 0 Å². The topological polar surface area (TPSA) is 66.5 Å². The minimum absolute atomic E-state index is 0.159. The van der Waals surface area contributed by atoms with Gasteiger partial charge in [0.15, 0.2) is 0 Å². The molecule has 1 amide bonds. The van der Waals surface area contributed by atoms with Gasteiger partial charge in [-0.25, -0.2) is 8.42 Å². The quantitative estimate of drug-likeness (QED) is 0.343. The first kappa shape index (κ1) is 23.9. The molecular formula is C25H28N2O3S2. The van der Waals surface area contributed by atoms with Crippen LogP contribution < -0.4 is 9.62 Å². The molecule has 32 heavy (non-hydrogen) atoms. The molecule has 5 nitrogen and oxygen atoms in total. The van der Waals surface area contributed by atoms with Crippen LogP contribution in [0.15, 0.2) is 88.7 Å². The standard InChI is InChI=1S/C25H28N2O3S2/c1-20-16-21(2)18-22(17-20)27(32(29,30)24-12-7-4-8-13-24)19-25(28)26-14-9-15-31-23-10-5-3-6-11-23/h3-8,10-13,16-18H,9,14-15,19H2,1-2H3,(H,26,28). The second kappa shape index (κ2) is 11.2. The summed E-state index contributed by atoms with van der Waals surface area (Å²) in [6, 6.07) is 23.9. The van der Waals surface area contributed by atoms with Crippen LogP contribution in [0.4, 0.5) is 5.69 Å². The van der Waals surface area contributed by atoms with E-state index in [1.807, 2.05) is 38.1 Å². The van der Waals surface area contributed by atoms with E-state index < -0.39 is 10.0 Å². The third-order valence-electron chi connectivity index (χ3n) is 4.77. The van der Waals surface area contributed by atoms with Gasteiger partial charge in [0, 0.05) is 11.4 Å². The molecule has 0 fully saturated rings. The van der Waals surface area contributed by atoms with Crippen LogP contribution in [0.3, 0.4) is 0 Å². The first-order valence-electron chi connectivity index (χ1n) is 10.5. The number of hydrogen-bond acceptors (Lipinski definition) is 4. The molecule has 0 saturated heterocycles. The zero-order valence-electron chi connectivity index (χ0n) is 18.3. The van der Waals surface area contributed by atoms with Crippen molar-refractivity contribution in [1.29, 1.82) is 0 Å². The van der Waals surface area contributed by atoms with Crippen molar-refractivity contribution in [2.45, 2.75) is 30.1 Å². The van der Waals surface area contributed by atoms with Crippen molar-refractivity contribution < 1.29 is 13.2 Å². The summed E-state index contributed by atoms with van der Waals surface area (Å²) in [5, 5.41) is 2.86. The van der Waals surface area contributed by atoms with Gasteiger partial charge in [0.25, 0.3) is 10.0 Å². The highest BCUT2D eigenvalue weighted by molar-refractivity contribution is 7.99. The lowest BCUT2D eigenvalue weighted by atomic mass is 10.1. The van der Waals surface area contributed by atoms with Crippen LogP contribution in [-0.2, 0) is 14.8 Å². The molecule has 1 N–H and O–H groups in total. The Morgan fingerprint density at radius 2 is 1.50 bits per heavy atom. The fourth-order valence-electron chi connectivity index (χ4n) is 3.32. The Morgan fingerprint density at radius 3 is 2.12 bits per heavy atom. The molecule has 0 aromatic heterocycles. The Hall–Kier alpha value is -2.77. The number of anilines is 1. The van der Waals surface area contributed by atoms with Crippen LogP contribution >= 0.6 is 11.8 Å². The molecule has 0 heterocycles. The number of benzene rings is 3. The number of nitrogens with one attached hydrogen (secondary N) is 1. The summed E-state index contributed by atoms with van der Waals surface area (Å²) in [5.74, 6) is 0.543. The Morgan fingerprint density at radius 1 is 0.906 bits per heavy atom. The lowest BCUT2D eigenvalue weighted by Gasteiger charge is -2.25. The lowest BCUT2D eigenvalue weighted by molar-refractivity contribution is -0.119. The lowest BCUT2D eigenvalue weighted by Crippen LogP contribution is -2.41. The first-order valence-corrected chi connectivity index (χ1v) is 12.9. The Balaban J connectivity index is 1.68. The number of carbonyl (C=O) groups excluding carboxylic acids is 1. The summed E-state index contributed by atoms with van der Waals surface area (Å²) in [6.45, 7) is 4.04. The molecule has 7 heteroatoms. The van der Waals surface area contributed by atoms with Crippen molar-refractivity contribution in [1.82, 2.24) is 5.32 Å². The van der Waals surface area contributed by atoms with Gasteiger partial charge in [0.1, 0.15) is 6.54 Å². The summed E-state index contributed by atoms with van der Waals surface area (Å²) in [4.78, 5) is 14.0. The van der Waals surface area contributed by atoms with Gasteiger partial charge >= 0.3 is 0 Å². The van der Waals surface area contributed by atoms with Crippen LogP contribution in [0.25, 0.3) is 0 Å². The molecule has 0 aliphatic rings. The Kier molecular flexibility index (Phi) is 8.36. The minimum atomic E-state index is -3.89. The van der Waals surface area contributed by atoms with Crippen molar-refractivity contribution in [3.05, 3.63) is 90.0 Å². The van der Waals surface area contributed by atoms with Crippen molar-refractivity contribution >= 4 is 33.4 Å². The Labute approximate surface area is 194 Å². The molecule has 0 spiro atoms. The third kappa shape index (κ3) is 6.61. The van der Waals surface area contributed by atoms with E-state index in [2.05, 4.69) is 17.4 Å². The molecule has 0 aliphatic heterocycles.